The highest BCUT2D eigenvalue weighted by atomic mass is 79.9. The summed E-state index contributed by atoms with van der Waals surface area (Å²) in [6.45, 7) is 1.67. The highest BCUT2D eigenvalue weighted by Crippen LogP contribution is 2.37. The molecule has 0 unspecified atom stereocenters. The van der Waals surface area contributed by atoms with Crippen molar-refractivity contribution in [3.05, 3.63) is 22.2 Å². The molecule has 0 aliphatic carbocycles. The first-order chi connectivity index (χ1) is 9.15. The summed E-state index contributed by atoms with van der Waals surface area (Å²) in [6, 6.07) is 3.42. The van der Waals surface area contributed by atoms with Crippen molar-refractivity contribution in [2.24, 2.45) is 0 Å². The number of benzene rings is 1. The summed E-state index contributed by atoms with van der Waals surface area (Å²) in [5.74, 6) is 0.713. The van der Waals surface area contributed by atoms with Crippen molar-refractivity contribution < 1.29 is 19.4 Å². The molecule has 19 heavy (non-hydrogen) atoms. The smallest absolute Gasteiger partial charge is 0.320 e. The summed E-state index contributed by atoms with van der Waals surface area (Å²) < 4.78 is 11.6. The number of nitrogens with zero attached hydrogens (tertiary/aromatic N) is 1. The maximum absolute atomic E-state index is 11.2. The summed E-state index contributed by atoms with van der Waals surface area (Å²) in [5, 5.41) is 9.19. The third kappa shape index (κ3) is 2.42. The number of hydrogen-bond acceptors (Lipinski definition) is 4. The van der Waals surface area contributed by atoms with Crippen molar-refractivity contribution in [3.63, 3.8) is 0 Å². The van der Waals surface area contributed by atoms with Crippen LogP contribution in [0.15, 0.2) is 16.6 Å². The van der Waals surface area contributed by atoms with Gasteiger partial charge >= 0.3 is 5.97 Å². The number of halogens is 1. The number of likely N-dealkylation sites (tertiary alicyclic amines) is 1. The van der Waals surface area contributed by atoms with E-state index in [1.54, 1.807) is 0 Å². The number of carboxylic acids is 1. The van der Waals surface area contributed by atoms with Crippen LogP contribution < -0.4 is 9.47 Å². The second-order valence-electron chi connectivity index (χ2n) is 4.76. The van der Waals surface area contributed by atoms with Gasteiger partial charge in [0.1, 0.15) is 6.04 Å². The molecule has 0 radical (unpaired) electrons. The Morgan fingerprint density at radius 2 is 2.16 bits per heavy atom. The number of rotatable bonds is 3. The molecule has 0 aromatic heterocycles. The van der Waals surface area contributed by atoms with Crippen LogP contribution in [0.4, 0.5) is 0 Å². The lowest BCUT2D eigenvalue weighted by Gasteiger charge is -2.21. The van der Waals surface area contributed by atoms with E-state index in [1.807, 2.05) is 17.0 Å². The van der Waals surface area contributed by atoms with Crippen LogP contribution in [0.3, 0.4) is 0 Å². The summed E-state index contributed by atoms with van der Waals surface area (Å²) in [5.41, 5.74) is 1.03. The Bertz CT molecular complexity index is 520. The third-order valence-electron chi connectivity index (χ3n) is 3.56. The molecular formula is C13H14BrNO4. The molecule has 102 valence electrons. The quantitative estimate of drug-likeness (QED) is 0.922. The predicted molar refractivity (Wildman–Crippen MR) is 71.3 cm³/mol. The molecule has 1 aromatic rings. The SMILES string of the molecule is O=C(O)[C@H]1CCCN1Cc1cc2c(cc1Br)OCO2. The normalized spacial score (nSPS) is 21.8. The summed E-state index contributed by atoms with van der Waals surface area (Å²) >= 11 is 3.50. The Balaban J connectivity index is 1.81. The molecule has 0 spiro atoms. The monoisotopic (exact) mass is 327 g/mol. The van der Waals surface area contributed by atoms with Crippen molar-refractivity contribution in [1.82, 2.24) is 4.90 Å². The fraction of sp³-hybridized carbons (Fsp3) is 0.462. The summed E-state index contributed by atoms with van der Waals surface area (Å²) in [6.07, 6.45) is 1.65. The van der Waals surface area contributed by atoms with Gasteiger partial charge in [0, 0.05) is 11.0 Å². The van der Waals surface area contributed by atoms with Crippen molar-refractivity contribution in [1.29, 1.82) is 0 Å². The molecule has 6 heteroatoms. The lowest BCUT2D eigenvalue weighted by Crippen LogP contribution is -2.35. The van der Waals surface area contributed by atoms with Gasteiger partial charge in [0.05, 0.1) is 0 Å². The Labute approximate surface area is 119 Å². The van der Waals surface area contributed by atoms with Crippen LogP contribution in [0.5, 0.6) is 11.5 Å². The average Bonchev–Trinajstić information content (AvgIpc) is 2.98. The largest absolute Gasteiger partial charge is 0.480 e. The Kier molecular flexibility index (Phi) is 3.36. The zero-order chi connectivity index (χ0) is 13.4. The maximum atomic E-state index is 11.2. The molecule has 2 heterocycles. The van der Waals surface area contributed by atoms with Gasteiger partial charge in [-0.2, -0.15) is 0 Å². The first-order valence-corrected chi connectivity index (χ1v) is 6.99. The molecule has 1 fully saturated rings. The second-order valence-corrected chi connectivity index (χ2v) is 5.62. The lowest BCUT2D eigenvalue weighted by molar-refractivity contribution is -0.142. The lowest BCUT2D eigenvalue weighted by atomic mass is 10.1. The predicted octanol–water partition coefficient (Wildman–Crippen LogP) is 2.23. The molecule has 2 aliphatic rings. The third-order valence-corrected chi connectivity index (χ3v) is 4.30. The van der Waals surface area contributed by atoms with Gasteiger partial charge in [0.15, 0.2) is 11.5 Å². The van der Waals surface area contributed by atoms with E-state index in [-0.39, 0.29) is 12.8 Å². The highest BCUT2D eigenvalue weighted by Gasteiger charge is 2.31. The average molecular weight is 328 g/mol. The van der Waals surface area contributed by atoms with E-state index in [0.717, 1.165) is 40.9 Å². The zero-order valence-electron chi connectivity index (χ0n) is 10.3. The molecule has 1 aromatic carbocycles. The summed E-state index contributed by atoms with van der Waals surface area (Å²) in [7, 11) is 0. The van der Waals surface area contributed by atoms with Crippen LogP contribution in [0.25, 0.3) is 0 Å². The molecule has 1 saturated heterocycles. The van der Waals surface area contributed by atoms with Gasteiger partial charge in [-0.3, -0.25) is 9.69 Å². The minimum absolute atomic E-state index is 0.243. The van der Waals surface area contributed by atoms with Gasteiger partial charge in [-0.1, -0.05) is 15.9 Å². The van der Waals surface area contributed by atoms with Gasteiger partial charge in [0.25, 0.3) is 0 Å². The number of ether oxygens (including phenoxy) is 2. The molecule has 5 nitrogen and oxygen atoms in total. The molecule has 0 amide bonds. The van der Waals surface area contributed by atoms with E-state index in [0.29, 0.717) is 6.54 Å². The molecule has 1 N–H and O–H groups in total. The van der Waals surface area contributed by atoms with Gasteiger partial charge in [-0.05, 0) is 37.1 Å². The molecule has 0 bridgehead atoms. The van der Waals surface area contributed by atoms with E-state index in [4.69, 9.17) is 9.47 Å². The number of aliphatic carboxylic acids is 1. The number of fused-ring (bicyclic) bond motifs is 1. The fourth-order valence-corrected chi connectivity index (χ4v) is 3.04. The van der Waals surface area contributed by atoms with Crippen LogP contribution >= 0.6 is 15.9 Å². The Hall–Kier alpha value is -1.27. The molecule has 1 atom stereocenters. The minimum atomic E-state index is -0.741. The second kappa shape index (κ2) is 5.02. The van der Waals surface area contributed by atoms with Crippen molar-refractivity contribution >= 4 is 21.9 Å². The number of carbonyl (C=O) groups is 1. The van der Waals surface area contributed by atoms with E-state index in [1.165, 1.54) is 0 Å². The van der Waals surface area contributed by atoms with Crippen LogP contribution in [-0.4, -0.2) is 35.4 Å². The standard InChI is InChI=1S/C13H14BrNO4/c14-9-5-12-11(18-7-19-12)4-8(9)6-15-3-1-2-10(15)13(16)17/h4-5,10H,1-3,6-7H2,(H,16,17)/t10-/m1/s1. The highest BCUT2D eigenvalue weighted by molar-refractivity contribution is 9.10. The maximum Gasteiger partial charge on any atom is 0.320 e. The first-order valence-electron chi connectivity index (χ1n) is 6.20. The topological polar surface area (TPSA) is 59.0 Å². The van der Waals surface area contributed by atoms with Gasteiger partial charge in [0.2, 0.25) is 6.79 Å². The molecule has 3 rings (SSSR count). The van der Waals surface area contributed by atoms with Crippen molar-refractivity contribution in [2.45, 2.75) is 25.4 Å². The van der Waals surface area contributed by atoms with E-state index >= 15 is 0 Å². The zero-order valence-corrected chi connectivity index (χ0v) is 11.9. The van der Waals surface area contributed by atoms with Crippen LogP contribution in [0.2, 0.25) is 0 Å². The van der Waals surface area contributed by atoms with Crippen LogP contribution in [0, 0.1) is 0 Å². The first kappa shape index (κ1) is 12.7. The molecule has 0 saturated carbocycles. The van der Waals surface area contributed by atoms with Crippen LogP contribution in [0.1, 0.15) is 18.4 Å². The van der Waals surface area contributed by atoms with Crippen molar-refractivity contribution in [3.8, 4) is 11.5 Å². The molecule has 2 aliphatic heterocycles. The molecular weight excluding hydrogens is 314 g/mol. The van der Waals surface area contributed by atoms with Gasteiger partial charge < -0.3 is 14.6 Å². The van der Waals surface area contributed by atoms with E-state index in [2.05, 4.69) is 15.9 Å². The Morgan fingerprint density at radius 1 is 1.42 bits per heavy atom. The van der Waals surface area contributed by atoms with Gasteiger partial charge in [-0.25, -0.2) is 0 Å². The van der Waals surface area contributed by atoms with E-state index in [9.17, 15) is 9.90 Å². The van der Waals surface area contributed by atoms with E-state index < -0.39 is 5.97 Å². The van der Waals surface area contributed by atoms with Gasteiger partial charge in [-0.15, -0.1) is 0 Å². The van der Waals surface area contributed by atoms with Crippen molar-refractivity contribution in [2.75, 3.05) is 13.3 Å². The summed E-state index contributed by atoms with van der Waals surface area (Å²) in [4.78, 5) is 13.2. The van der Waals surface area contributed by atoms with Crippen LogP contribution in [-0.2, 0) is 11.3 Å². The Morgan fingerprint density at radius 3 is 2.89 bits per heavy atom. The number of carboxylic acid groups (broad SMARTS) is 1. The fourth-order valence-electron chi connectivity index (χ4n) is 2.59. The number of hydrogen-bond donors (Lipinski definition) is 1. The minimum Gasteiger partial charge on any atom is -0.480 e.